The number of rotatable bonds is 8. The van der Waals surface area contributed by atoms with Crippen molar-refractivity contribution >= 4 is 17.5 Å². The normalized spacial score (nSPS) is 15.0. The summed E-state index contributed by atoms with van der Waals surface area (Å²) in [4.78, 5) is 25.7. The monoisotopic (exact) mass is 331 g/mol. The Hall–Kier alpha value is -1.88. The maximum absolute atomic E-state index is 12.1. The molecule has 0 saturated carbocycles. The Kier molecular flexibility index (Phi) is 7.75. The number of hydrogen-bond acceptors (Lipinski definition) is 3. The van der Waals surface area contributed by atoms with E-state index in [1.165, 1.54) is 52.2 Å². The van der Waals surface area contributed by atoms with Crippen LogP contribution in [0.4, 0.5) is 5.69 Å². The maximum Gasteiger partial charge on any atom is 0.251 e. The first-order chi connectivity index (χ1) is 11.6. The molecule has 1 heterocycles. The quantitative estimate of drug-likeness (QED) is 0.720. The molecule has 5 nitrogen and oxygen atoms in total. The van der Waals surface area contributed by atoms with E-state index in [9.17, 15) is 9.59 Å². The SMILES string of the molecule is CC(=O)Nc1cccc(C(=O)NCCCCCN2CCCCC2)c1. The molecule has 1 aliphatic heterocycles. The third-order valence-electron chi connectivity index (χ3n) is 4.33. The fourth-order valence-corrected chi connectivity index (χ4v) is 3.07. The number of anilines is 1. The highest BCUT2D eigenvalue weighted by molar-refractivity contribution is 5.96. The van der Waals surface area contributed by atoms with Crippen LogP contribution >= 0.6 is 0 Å². The van der Waals surface area contributed by atoms with Crippen molar-refractivity contribution < 1.29 is 9.59 Å². The van der Waals surface area contributed by atoms with Gasteiger partial charge in [0.05, 0.1) is 0 Å². The van der Waals surface area contributed by atoms with E-state index in [0.717, 1.165) is 12.8 Å². The highest BCUT2D eigenvalue weighted by Gasteiger charge is 2.09. The molecule has 1 fully saturated rings. The minimum Gasteiger partial charge on any atom is -0.352 e. The average molecular weight is 331 g/mol. The number of nitrogens with one attached hydrogen (secondary N) is 2. The second kappa shape index (κ2) is 10.1. The maximum atomic E-state index is 12.1. The number of amides is 2. The molecule has 0 aromatic heterocycles. The van der Waals surface area contributed by atoms with E-state index in [0.29, 0.717) is 17.8 Å². The summed E-state index contributed by atoms with van der Waals surface area (Å²) in [7, 11) is 0. The van der Waals surface area contributed by atoms with Gasteiger partial charge in [-0.3, -0.25) is 9.59 Å². The molecule has 132 valence electrons. The number of nitrogens with zero attached hydrogens (tertiary/aromatic N) is 1. The van der Waals surface area contributed by atoms with Crippen LogP contribution in [0.3, 0.4) is 0 Å². The summed E-state index contributed by atoms with van der Waals surface area (Å²) in [5, 5.41) is 5.64. The summed E-state index contributed by atoms with van der Waals surface area (Å²) in [5.74, 6) is -0.223. The van der Waals surface area contributed by atoms with Gasteiger partial charge in [-0.2, -0.15) is 0 Å². The molecule has 2 rings (SSSR count). The second-order valence-corrected chi connectivity index (χ2v) is 6.48. The van der Waals surface area contributed by atoms with Gasteiger partial charge in [0, 0.05) is 24.7 Å². The van der Waals surface area contributed by atoms with E-state index >= 15 is 0 Å². The molecule has 0 aliphatic carbocycles. The lowest BCUT2D eigenvalue weighted by atomic mass is 10.1. The van der Waals surface area contributed by atoms with Crippen LogP contribution in [0.2, 0.25) is 0 Å². The molecule has 1 aromatic carbocycles. The zero-order valence-electron chi connectivity index (χ0n) is 14.6. The predicted molar refractivity (Wildman–Crippen MR) is 97.2 cm³/mol. The minimum absolute atomic E-state index is 0.0850. The molecule has 0 bridgehead atoms. The fraction of sp³-hybridized carbons (Fsp3) is 0.579. The second-order valence-electron chi connectivity index (χ2n) is 6.48. The summed E-state index contributed by atoms with van der Waals surface area (Å²) >= 11 is 0. The Bertz CT molecular complexity index is 539. The molecule has 1 aromatic rings. The van der Waals surface area contributed by atoms with Crippen LogP contribution in [0.25, 0.3) is 0 Å². The van der Waals surface area contributed by atoms with Gasteiger partial charge in [-0.25, -0.2) is 0 Å². The average Bonchev–Trinajstić information content (AvgIpc) is 2.58. The van der Waals surface area contributed by atoms with E-state index in [4.69, 9.17) is 0 Å². The molecule has 2 amide bonds. The molecule has 1 saturated heterocycles. The molecular formula is C19H29N3O2. The van der Waals surface area contributed by atoms with E-state index in [2.05, 4.69) is 15.5 Å². The van der Waals surface area contributed by atoms with Crippen molar-refractivity contribution in [3.8, 4) is 0 Å². The van der Waals surface area contributed by atoms with Crippen LogP contribution in [0.15, 0.2) is 24.3 Å². The first kappa shape index (κ1) is 18.5. The summed E-state index contributed by atoms with van der Waals surface area (Å²) in [6.07, 6.45) is 7.41. The smallest absolute Gasteiger partial charge is 0.251 e. The Morgan fingerprint density at radius 2 is 1.88 bits per heavy atom. The Labute approximate surface area is 144 Å². The fourth-order valence-electron chi connectivity index (χ4n) is 3.07. The van der Waals surface area contributed by atoms with Crippen LogP contribution in [0.5, 0.6) is 0 Å². The van der Waals surface area contributed by atoms with Crippen LogP contribution in [0, 0.1) is 0 Å². The van der Waals surface area contributed by atoms with E-state index in [-0.39, 0.29) is 11.8 Å². The molecule has 1 aliphatic rings. The highest BCUT2D eigenvalue weighted by atomic mass is 16.2. The molecule has 0 unspecified atom stereocenters. The summed E-state index contributed by atoms with van der Waals surface area (Å²) < 4.78 is 0. The first-order valence-corrected chi connectivity index (χ1v) is 9.03. The van der Waals surface area contributed by atoms with E-state index in [1.807, 2.05) is 0 Å². The number of hydrogen-bond donors (Lipinski definition) is 2. The summed E-state index contributed by atoms with van der Waals surface area (Å²) in [5.41, 5.74) is 1.23. The van der Waals surface area contributed by atoms with Crippen molar-refractivity contribution in [3.05, 3.63) is 29.8 Å². The van der Waals surface area contributed by atoms with Crippen molar-refractivity contribution in [3.63, 3.8) is 0 Å². The predicted octanol–water partition coefficient (Wildman–Crippen LogP) is 3.03. The zero-order chi connectivity index (χ0) is 17.2. The molecule has 5 heteroatoms. The topological polar surface area (TPSA) is 61.4 Å². The van der Waals surface area contributed by atoms with Gasteiger partial charge in [0.1, 0.15) is 0 Å². The van der Waals surface area contributed by atoms with E-state index in [1.54, 1.807) is 24.3 Å². The van der Waals surface area contributed by atoms with Gasteiger partial charge < -0.3 is 15.5 Å². The van der Waals surface area contributed by atoms with Crippen LogP contribution in [-0.4, -0.2) is 42.9 Å². The van der Waals surface area contributed by atoms with Crippen molar-refractivity contribution in [2.75, 3.05) is 31.5 Å². The van der Waals surface area contributed by atoms with Crippen molar-refractivity contribution in [2.24, 2.45) is 0 Å². The number of unbranched alkanes of at least 4 members (excludes halogenated alkanes) is 2. The van der Waals surface area contributed by atoms with Gasteiger partial charge in [-0.05, 0) is 63.5 Å². The largest absolute Gasteiger partial charge is 0.352 e. The first-order valence-electron chi connectivity index (χ1n) is 9.03. The van der Waals surface area contributed by atoms with Crippen LogP contribution < -0.4 is 10.6 Å². The van der Waals surface area contributed by atoms with E-state index < -0.39 is 0 Å². The molecule has 24 heavy (non-hydrogen) atoms. The van der Waals surface area contributed by atoms with Gasteiger partial charge in [0.2, 0.25) is 5.91 Å². The summed E-state index contributed by atoms with van der Waals surface area (Å²) in [6, 6.07) is 7.02. The number of piperidine rings is 1. The molecule has 0 spiro atoms. The van der Waals surface area contributed by atoms with Crippen molar-refractivity contribution in [2.45, 2.75) is 45.4 Å². The molecule has 0 atom stereocenters. The van der Waals surface area contributed by atoms with Gasteiger partial charge in [0.25, 0.3) is 5.91 Å². The van der Waals surface area contributed by atoms with Gasteiger partial charge >= 0.3 is 0 Å². The number of benzene rings is 1. The lowest BCUT2D eigenvalue weighted by Crippen LogP contribution is -2.30. The highest BCUT2D eigenvalue weighted by Crippen LogP contribution is 2.11. The minimum atomic E-state index is -0.138. The van der Waals surface area contributed by atoms with Crippen LogP contribution in [0.1, 0.15) is 55.8 Å². The lowest BCUT2D eigenvalue weighted by molar-refractivity contribution is -0.114. The third kappa shape index (κ3) is 6.71. The molecular weight excluding hydrogens is 302 g/mol. The molecule has 2 N–H and O–H groups in total. The Balaban J connectivity index is 1.61. The van der Waals surface area contributed by atoms with Crippen molar-refractivity contribution in [1.82, 2.24) is 10.2 Å². The zero-order valence-corrected chi connectivity index (χ0v) is 14.6. The number of likely N-dealkylation sites (tertiary alicyclic amines) is 1. The third-order valence-corrected chi connectivity index (χ3v) is 4.33. The van der Waals surface area contributed by atoms with Gasteiger partial charge in [0.15, 0.2) is 0 Å². The Morgan fingerprint density at radius 3 is 2.62 bits per heavy atom. The van der Waals surface area contributed by atoms with Gasteiger partial charge in [-0.15, -0.1) is 0 Å². The van der Waals surface area contributed by atoms with Crippen LogP contribution in [-0.2, 0) is 4.79 Å². The van der Waals surface area contributed by atoms with Crippen molar-refractivity contribution in [1.29, 1.82) is 0 Å². The standard InChI is InChI=1S/C19H29N3O2/c1-16(23)21-18-10-8-9-17(15-18)19(24)20-11-4-2-5-12-22-13-6-3-7-14-22/h8-10,15H,2-7,11-14H2,1H3,(H,20,24)(H,21,23). The Morgan fingerprint density at radius 1 is 1.08 bits per heavy atom. The lowest BCUT2D eigenvalue weighted by Gasteiger charge is -2.26. The molecule has 0 radical (unpaired) electrons. The van der Waals surface area contributed by atoms with Gasteiger partial charge in [-0.1, -0.05) is 18.9 Å². The summed E-state index contributed by atoms with van der Waals surface area (Å²) in [6.45, 7) is 5.84. The number of carbonyl (C=O) groups is 2. The number of carbonyl (C=O) groups excluding carboxylic acids is 2.